The smallest absolute Gasteiger partial charge is 0.0870 e. The van der Waals surface area contributed by atoms with Crippen molar-refractivity contribution in [3.8, 4) is 0 Å². The van der Waals surface area contributed by atoms with Crippen LogP contribution in [0, 0.1) is 0 Å². The van der Waals surface area contributed by atoms with E-state index in [0.717, 1.165) is 19.6 Å². The van der Waals surface area contributed by atoms with Gasteiger partial charge in [0.15, 0.2) is 0 Å². The van der Waals surface area contributed by atoms with Gasteiger partial charge in [0.1, 0.15) is 0 Å². The first-order valence-electron chi connectivity index (χ1n) is 4.71. The van der Waals surface area contributed by atoms with Crippen molar-refractivity contribution >= 4 is 17.2 Å². The highest BCUT2D eigenvalue weighted by molar-refractivity contribution is 7.80. The van der Waals surface area contributed by atoms with Gasteiger partial charge in [0.25, 0.3) is 0 Å². The maximum Gasteiger partial charge on any atom is 0.0870 e. The third kappa shape index (κ3) is 6.55. The van der Waals surface area contributed by atoms with Crippen molar-refractivity contribution in [1.82, 2.24) is 4.90 Å². The highest BCUT2D eigenvalue weighted by Gasteiger charge is 2.01. The predicted octanol–water partition coefficient (Wildman–Crippen LogP) is 1.78. The maximum absolute atomic E-state index is 5.46. The van der Waals surface area contributed by atoms with Gasteiger partial charge >= 0.3 is 0 Å². The highest BCUT2D eigenvalue weighted by Crippen LogP contribution is 1.97. The lowest BCUT2D eigenvalue weighted by molar-refractivity contribution is 0.320. The van der Waals surface area contributed by atoms with E-state index >= 15 is 0 Å². The summed E-state index contributed by atoms with van der Waals surface area (Å²) in [6.45, 7) is 7.30. The van der Waals surface area contributed by atoms with Crippen LogP contribution in [-0.2, 0) is 0 Å². The molecule has 0 amide bonds. The van der Waals surface area contributed by atoms with Gasteiger partial charge in [0, 0.05) is 6.54 Å². The van der Waals surface area contributed by atoms with Gasteiger partial charge in [0.05, 0.1) is 4.99 Å². The summed E-state index contributed by atoms with van der Waals surface area (Å²) in [5.41, 5.74) is 5.46. The van der Waals surface area contributed by atoms with Gasteiger partial charge < -0.3 is 5.73 Å². The molecule has 0 atom stereocenters. The summed E-state index contributed by atoms with van der Waals surface area (Å²) in [7, 11) is 0. The minimum atomic E-state index is 0.605. The van der Waals surface area contributed by atoms with Crippen LogP contribution in [0.2, 0.25) is 0 Å². The van der Waals surface area contributed by atoms with Crippen LogP contribution >= 0.6 is 12.2 Å². The summed E-state index contributed by atoms with van der Waals surface area (Å²) in [4.78, 5) is 2.89. The van der Waals surface area contributed by atoms with Gasteiger partial charge in [-0.1, -0.05) is 38.9 Å². The average Bonchev–Trinajstić information content (AvgIpc) is 2.02. The fourth-order valence-electron chi connectivity index (χ4n) is 1.15. The second kappa shape index (κ2) is 7.50. The molecule has 0 aromatic carbocycles. The van der Waals surface area contributed by atoms with Crippen LogP contribution in [0.1, 0.15) is 33.1 Å². The van der Waals surface area contributed by atoms with E-state index in [1.807, 2.05) is 0 Å². The monoisotopic (exact) mass is 188 g/mol. The van der Waals surface area contributed by atoms with Crippen molar-refractivity contribution in [3.05, 3.63) is 0 Å². The van der Waals surface area contributed by atoms with E-state index in [-0.39, 0.29) is 0 Å². The van der Waals surface area contributed by atoms with Crippen LogP contribution in [0.5, 0.6) is 0 Å². The zero-order chi connectivity index (χ0) is 9.40. The number of unbranched alkanes of at least 4 members (excludes halogenated alkanes) is 2. The van der Waals surface area contributed by atoms with Crippen LogP contribution in [0.15, 0.2) is 0 Å². The first kappa shape index (κ1) is 11.8. The van der Waals surface area contributed by atoms with Gasteiger partial charge in [-0.25, -0.2) is 0 Å². The summed E-state index contributed by atoms with van der Waals surface area (Å²) in [5, 5.41) is 0. The maximum atomic E-state index is 5.46. The molecule has 0 aliphatic carbocycles. The molecule has 2 nitrogen and oxygen atoms in total. The number of likely N-dealkylation sites (N-methyl/N-ethyl adjacent to an activating group) is 1. The Hall–Kier alpha value is -0.150. The molecule has 0 spiro atoms. The molecule has 0 aromatic heterocycles. The Labute approximate surface area is 81.1 Å². The number of rotatable bonds is 7. The largest absolute Gasteiger partial charge is 0.392 e. The lowest BCUT2D eigenvalue weighted by Gasteiger charge is -2.18. The topological polar surface area (TPSA) is 29.3 Å². The van der Waals surface area contributed by atoms with E-state index in [9.17, 15) is 0 Å². The van der Waals surface area contributed by atoms with Crippen LogP contribution in [0.3, 0.4) is 0 Å². The molecule has 3 heteroatoms. The molecule has 0 aromatic rings. The molecule has 0 bridgehead atoms. The first-order chi connectivity index (χ1) is 5.70. The molecular formula is C9H20N2S. The molecule has 0 aliphatic heterocycles. The molecule has 0 rings (SSSR count). The Morgan fingerprint density at radius 3 is 2.42 bits per heavy atom. The van der Waals surface area contributed by atoms with Gasteiger partial charge in [-0.15, -0.1) is 0 Å². The lowest BCUT2D eigenvalue weighted by Crippen LogP contribution is -2.33. The second-order valence-corrected chi connectivity index (χ2v) is 3.57. The molecule has 0 fully saturated rings. The van der Waals surface area contributed by atoms with Gasteiger partial charge in [-0.2, -0.15) is 0 Å². The summed E-state index contributed by atoms with van der Waals surface area (Å²) in [6.07, 6.45) is 3.82. The molecule has 0 radical (unpaired) electrons. The molecular weight excluding hydrogens is 168 g/mol. The summed E-state index contributed by atoms with van der Waals surface area (Å²) in [5.74, 6) is 0. The van der Waals surface area contributed by atoms with Crippen molar-refractivity contribution in [3.63, 3.8) is 0 Å². The fraction of sp³-hybridized carbons (Fsp3) is 0.889. The van der Waals surface area contributed by atoms with Gasteiger partial charge in [-0.05, 0) is 19.5 Å². The number of nitrogens with two attached hydrogens (primary N) is 1. The van der Waals surface area contributed by atoms with E-state index in [1.165, 1.54) is 19.3 Å². The fourth-order valence-corrected chi connectivity index (χ4v) is 1.34. The molecule has 0 heterocycles. The summed E-state index contributed by atoms with van der Waals surface area (Å²) >= 11 is 4.85. The minimum Gasteiger partial charge on any atom is -0.392 e. The molecule has 2 N–H and O–H groups in total. The van der Waals surface area contributed by atoms with Gasteiger partial charge in [-0.3, -0.25) is 4.90 Å². The SMILES string of the molecule is CCCCCN(CC)CC(N)=S. The number of thiocarbonyl (C=S) groups is 1. The third-order valence-corrected chi connectivity index (χ3v) is 2.03. The Morgan fingerprint density at radius 2 is 2.00 bits per heavy atom. The highest BCUT2D eigenvalue weighted by atomic mass is 32.1. The normalized spacial score (nSPS) is 10.6. The first-order valence-corrected chi connectivity index (χ1v) is 5.12. The number of hydrogen-bond acceptors (Lipinski definition) is 2. The Balaban J connectivity index is 3.46. The van der Waals surface area contributed by atoms with Crippen molar-refractivity contribution in [1.29, 1.82) is 0 Å². The molecule has 0 saturated carbocycles. The molecule has 0 aliphatic rings. The van der Waals surface area contributed by atoms with Crippen molar-refractivity contribution in [2.75, 3.05) is 19.6 Å². The molecule has 0 unspecified atom stereocenters. The lowest BCUT2D eigenvalue weighted by atomic mass is 10.2. The zero-order valence-electron chi connectivity index (χ0n) is 8.18. The minimum absolute atomic E-state index is 0.605. The van der Waals surface area contributed by atoms with Crippen LogP contribution in [0.25, 0.3) is 0 Å². The molecule has 0 saturated heterocycles. The van der Waals surface area contributed by atoms with Crippen molar-refractivity contribution in [2.45, 2.75) is 33.1 Å². The van der Waals surface area contributed by atoms with Crippen molar-refractivity contribution in [2.24, 2.45) is 5.73 Å². The van der Waals surface area contributed by atoms with Gasteiger partial charge in [0.2, 0.25) is 0 Å². The Kier molecular flexibility index (Phi) is 7.40. The second-order valence-electron chi connectivity index (χ2n) is 3.04. The van der Waals surface area contributed by atoms with Crippen LogP contribution in [0.4, 0.5) is 0 Å². The van der Waals surface area contributed by atoms with Crippen LogP contribution < -0.4 is 5.73 Å². The predicted molar refractivity (Wildman–Crippen MR) is 58.4 cm³/mol. The Bertz CT molecular complexity index is 126. The van der Waals surface area contributed by atoms with Crippen molar-refractivity contribution < 1.29 is 0 Å². The van der Waals surface area contributed by atoms with E-state index in [0.29, 0.717) is 4.99 Å². The summed E-state index contributed by atoms with van der Waals surface area (Å²) < 4.78 is 0. The Morgan fingerprint density at radius 1 is 1.33 bits per heavy atom. The average molecular weight is 188 g/mol. The molecule has 72 valence electrons. The van der Waals surface area contributed by atoms with E-state index in [2.05, 4.69) is 18.7 Å². The third-order valence-electron chi connectivity index (χ3n) is 1.90. The van der Waals surface area contributed by atoms with E-state index < -0.39 is 0 Å². The van der Waals surface area contributed by atoms with E-state index in [1.54, 1.807) is 0 Å². The quantitative estimate of drug-likeness (QED) is 0.488. The number of hydrogen-bond donors (Lipinski definition) is 1. The van der Waals surface area contributed by atoms with Crippen LogP contribution in [-0.4, -0.2) is 29.5 Å². The summed E-state index contributed by atoms with van der Waals surface area (Å²) in [6, 6.07) is 0. The number of nitrogens with zero attached hydrogens (tertiary/aromatic N) is 1. The zero-order valence-corrected chi connectivity index (χ0v) is 8.99. The van der Waals surface area contributed by atoms with E-state index in [4.69, 9.17) is 18.0 Å². The molecule has 12 heavy (non-hydrogen) atoms. The standard InChI is InChI=1S/C9H20N2S/c1-3-5-6-7-11(4-2)8-9(10)12/h3-8H2,1-2H3,(H2,10,12).